The third-order valence-corrected chi connectivity index (χ3v) is 3.25. The van der Waals surface area contributed by atoms with Crippen molar-refractivity contribution in [2.24, 2.45) is 0 Å². The standard InChI is InChI=1S/C19H19F3N2O2/c1-13(2)12-26-17-8-4-6-15(10-17)23-11-18(25)24-16-7-3-5-14(9-16)19(20,21)22/h3-10,23H,1,11-12H2,2H3,(H,24,25). The van der Waals surface area contributed by atoms with Crippen LogP contribution in [0.1, 0.15) is 12.5 Å². The zero-order chi connectivity index (χ0) is 19.2. The maximum Gasteiger partial charge on any atom is 0.416 e. The van der Waals surface area contributed by atoms with Crippen LogP contribution in [0.15, 0.2) is 60.7 Å². The van der Waals surface area contributed by atoms with E-state index in [1.54, 1.807) is 24.3 Å². The molecule has 0 radical (unpaired) electrons. The zero-order valence-corrected chi connectivity index (χ0v) is 14.2. The van der Waals surface area contributed by atoms with Crippen LogP contribution >= 0.6 is 0 Å². The molecule has 0 bridgehead atoms. The minimum absolute atomic E-state index is 0.0881. The zero-order valence-electron chi connectivity index (χ0n) is 14.2. The molecular formula is C19H19F3N2O2. The molecule has 2 rings (SSSR count). The predicted octanol–water partition coefficient (Wildman–Crippen LogP) is 4.71. The van der Waals surface area contributed by atoms with E-state index >= 15 is 0 Å². The monoisotopic (exact) mass is 364 g/mol. The van der Waals surface area contributed by atoms with Gasteiger partial charge in [-0.25, -0.2) is 0 Å². The Morgan fingerprint density at radius 1 is 1.12 bits per heavy atom. The molecule has 0 aliphatic heterocycles. The van der Waals surface area contributed by atoms with Gasteiger partial charge >= 0.3 is 6.18 Å². The van der Waals surface area contributed by atoms with E-state index in [1.807, 2.05) is 6.92 Å². The summed E-state index contributed by atoms with van der Waals surface area (Å²) < 4.78 is 43.6. The van der Waals surface area contributed by atoms with Crippen molar-refractivity contribution in [2.45, 2.75) is 13.1 Å². The van der Waals surface area contributed by atoms with Crippen molar-refractivity contribution >= 4 is 17.3 Å². The third-order valence-electron chi connectivity index (χ3n) is 3.25. The molecule has 0 heterocycles. The molecule has 0 aromatic heterocycles. The van der Waals surface area contributed by atoms with Gasteiger partial charge in [0, 0.05) is 17.4 Å². The number of rotatable bonds is 7. The molecule has 2 aromatic rings. The maximum absolute atomic E-state index is 12.7. The highest BCUT2D eigenvalue weighted by Crippen LogP contribution is 2.30. The summed E-state index contributed by atoms with van der Waals surface area (Å²) in [6.45, 7) is 5.89. The average Bonchev–Trinajstić information content (AvgIpc) is 2.58. The molecule has 0 saturated carbocycles. The molecule has 1 amide bonds. The number of anilines is 2. The van der Waals surface area contributed by atoms with Gasteiger partial charge in [0.05, 0.1) is 12.1 Å². The van der Waals surface area contributed by atoms with Gasteiger partial charge in [-0.05, 0) is 42.8 Å². The summed E-state index contributed by atoms with van der Waals surface area (Å²) in [6, 6.07) is 11.5. The fourth-order valence-corrected chi connectivity index (χ4v) is 2.06. The lowest BCUT2D eigenvalue weighted by atomic mass is 10.2. The van der Waals surface area contributed by atoms with Crippen LogP contribution in [0.5, 0.6) is 5.75 Å². The van der Waals surface area contributed by atoms with Gasteiger partial charge < -0.3 is 15.4 Å². The smallest absolute Gasteiger partial charge is 0.416 e. The second kappa shape index (κ2) is 8.42. The highest BCUT2D eigenvalue weighted by Gasteiger charge is 2.30. The molecule has 7 heteroatoms. The van der Waals surface area contributed by atoms with Gasteiger partial charge in [0.15, 0.2) is 0 Å². The summed E-state index contributed by atoms with van der Waals surface area (Å²) in [5, 5.41) is 5.34. The van der Waals surface area contributed by atoms with Crippen molar-refractivity contribution < 1.29 is 22.7 Å². The highest BCUT2D eigenvalue weighted by molar-refractivity contribution is 5.93. The normalized spacial score (nSPS) is 10.9. The molecule has 0 unspecified atom stereocenters. The molecule has 0 spiro atoms. The van der Waals surface area contributed by atoms with Gasteiger partial charge in [0.1, 0.15) is 12.4 Å². The summed E-state index contributed by atoms with van der Waals surface area (Å²) in [4.78, 5) is 11.9. The number of amides is 1. The Kier molecular flexibility index (Phi) is 6.27. The molecule has 0 saturated heterocycles. The SMILES string of the molecule is C=C(C)COc1cccc(NCC(=O)Nc2cccc(C(F)(F)F)c2)c1. The van der Waals surface area contributed by atoms with Crippen molar-refractivity contribution in [3.05, 3.63) is 66.2 Å². The Balaban J connectivity index is 1.91. The first-order chi connectivity index (χ1) is 12.2. The van der Waals surface area contributed by atoms with Gasteiger partial charge in [-0.2, -0.15) is 13.2 Å². The van der Waals surface area contributed by atoms with Crippen molar-refractivity contribution in [3.63, 3.8) is 0 Å². The minimum atomic E-state index is -4.46. The van der Waals surface area contributed by atoms with E-state index in [9.17, 15) is 18.0 Å². The first-order valence-corrected chi connectivity index (χ1v) is 7.82. The fourth-order valence-electron chi connectivity index (χ4n) is 2.06. The van der Waals surface area contributed by atoms with E-state index in [4.69, 9.17) is 4.74 Å². The Morgan fingerprint density at radius 3 is 2.50 bits per heavy atom. The van der Waals surface area contributed by atoms with Crippen LogP contribution in [0.3, 0.4) is 0 Å². The number of hydrogen-bond donors (Lipinski definition) is 2. The number of benzene rings is 2. The van der Waals surface area contributed by atoms with Crippen molar-refractivity contribution in [2.75, 3.05) is 23.8 Å². The Hall–Kier alpha value is -2.96. The highest BCUT2D eigenvalue weighted by atomic mass is 19.4. The number of carbonyl (C=O) groups excluding carboxylic acids is 1. The van der Waals surface area contributed by atoms with Crippen molar-refractivity contribution in [1.29, 1.82) is 0 Å². The van der Waals surface area contributed by atoms with E-state index in [0.717, 1.165) is 17.7 Å². The number of ether oxygens (including phenoxy) is 1. The molecule has 2 N–H and O–H groups in total. The average molecular weight is 364 g/mol. The van der Waals surface area contributed by atoms with Crippen LogP contribution in [0.25, 0.3) is 0 Å². The van der Waals surface area contributed by atoms with E-state index in [0.29, 0.717) is 18.0 Å². The topological polar surface area (TPSA) is 50.4 Å². The van der Waals surface area contributed by atoms with Crippen molar-refractivity contribution in [1.82, 2.24) is 0 Å². The molecule has 0 aliphatic carbocycles. The number of carbonyl (C=O) groups is 1. The summed E-state index contributed by atoms with van der Waals surface area (Å²) in [7, 11) is 0. The van der Waals surface area contributed by atoms with Crippen LogP contribution in [-0.4, -0.2) is 19.1 Å². The predicted molar refractivity (Wildman–Crippen MR) is 95.3 cm³/mol. The summed E-state index contributed by atoms with van der Waals surface area (Å²) in [6.07, 6.45) is -4.46. The van der Waals surface area contributed by atoms with Gasteiger partial charge in [0.25, 0.3) is 0 Å². The van der Waals surface area contributed by atoms with Gasteiger partial charge in [-0.15, -0.1) is 0 Å². The molecule has 4 nitrogen and oxygen atoms in total. The quantitative estimate of drug-likeness (QED) is 0.700. The lowest BCUT2D eigenvalue weighted by Gasteiger charge is -2.11. The second-order valence-corrected chi connectivity index (χ2v) is 5.75. The minimum Gasteiger partial charge on any atom is -0.489 e. The lowest BCUT2D eigenvalue weighted by molar-refractivity contribution is -0.137. The molecule has 0 aliphatic rings. The number of halogens is 3. The first kappa shape index (κ1) is 19.4. The Morgan fingerprint density at radius 2 is 1.81 bits per heavy atom. The first-order valence-electron chi connectivity index (χ1n) is 7.82. The second-order valence-electron chi connectivity index (χ2n) is 5.75. The van der Waals surface area contributed by atoms with Crippen LogP contribution in [0, 0.1) is 0 Å². The summed E-state index contributed by atoms with van der Waals surface area (Å²) >= 11 is 0. The Labute approximate surface area is 149 Å². The van der Waals surface area contributed by atoms with Crippen LogP contribution in [-0.2, 0) is 11.0 Å². The summed E-state index contributed by atoms with van der Waals surface area (Å²) in [5.74, 6) is 0.161. The van der Waals surface area contributed by atoms with E-state index in [1.165, 1.54) is 12.1 Å². The molecule has 0 atom stereocenters. The summed E-state index contributed by atoms with van der Waals surface area (Å²) in [5.41, 5.74) is 0.808. The van der Waals surface area contributed by atoms with Gasteiger partial charge in [-0.1, -0.05) is 18.7 Å². The van der Waals surface area contributed by atoms with Crippen molar-refractivity contribution in [3.8, 4) is 5.75 Å². The van der Waals surface area contributed by atoms with Crippen LogP contribution in [0.2, 0.25) is 0 Å². The number of alkyl halides is 3. The van der Waals surface area contributed by atoms with Gasteiger partial charge in [0.2, 0.25) is 5.91 Å². The van der Waals surface area contributed by atoms with Gasteiger partial charge in [-0.3, -0.25) is 4.79 Å². The molecule has 0 fully saturated rings. The molecule has 26 heavy (non-hydrogen) atoms. The number of nitrogens with one attached hydrogen (secondary N) is 2. The van der Waals surface area contributed by atoms with E-state index < -0.39 is 17.6 Å². The maximum atomic E-state index is 12.7. The fraction of sp³-hybridized carbons (Fsp3) is 0.211. The molecule has 138 valence electrons. The molecule has 2 aromatic carbocycles. The van der Waals surface area contributed by atoms with E-state index in [-0.39, 0.29) is 12.2 Å². The van der Waals surface area contributed by atoms with Crippen LogP contribution in [0.4, 0.5) is 24.5 Å². The largest absolute Gasteiger partial charge is 0.489 e. The lowest BCUT2D eigenvalue weighted by Crippen LogP contribution is -2.22. The third kappa shape index (κ3) is 6.16. The Bertz CT molecular complexity index is 788. The molecular weight excluding hydrogens is 345 g/mol. The number of hydrogen-bond acceptors (Lipinski definition) is 3. The van der Waals surface area contributed by atoms with E-state index in [2.05, 4.69) is 17.2 Å². The van der Waals surface area contributed by atoms with Crippen LogP contribution < -0.4 is 15.4 Å².